The van der Waals surface area contributed by atoms with Crippen LogP contribution in [0.1, 0.15) is 51.0 Å². The van der Waals surface area contributed by atoms with Crippen LogP contribution in [0.5, 0.6) is 0 Å². The summed E-state index contributed by atoms with van der Waals surface area (Å²) >= 11 is 12.4. The molecule has 1 N–H and O–H groups in total. The van der Waals surface area contributed by atoms with Crippen LogP contribution in [-0.2, 0) is 26.2 Å². The minimum Gasteiger partial charge on any atom is -0.352 e. The molecule has 1 aliphatic rings. The van der Waals surface area contributed by atoms with Crippen molar-refractivity contribution in [1.82, 2.24) is 10.2 Å². The zero-order chi connectivity index (χ0) is 31.9. The van der Waals surface area contributed by atoms with Crippen molar-refractivity contribution in [3.63, 3.8) is 0 Å². The van der Waals surface area contributed by atoms with Crippen LogP contribution < -0.4 is 9.62 Å². The molecular formula is C31H34Cl2N4O6S. The molecule has 0 saturated heterocycles. The van der Waals surface area contributed by atoms with E-state index in [9.17, 15) is 28.1 Å². The minimum atomic E-state index is -4.36. The monoisotopic (exact) mass is 660 g/mol. The fraction of sp³-hybridized carbons (Fsp3) is 0.355. The maximum absolute atomic E-state index is 14.2. The molecule has 3 aromatic rings. The second-order valence-corrected chi connectivity index (χ2v) is 13.3. The van der Waals surface area contributed by atoms with E-state index in [-0.39, 0.29) is 46.2 Å². The van der Waals surface area contributed by atoms with Crippen LogP contribution in [0.4, 0.5) is 11.4 Å². The number of benzene rings is 3. The van der Waals surface area contributed by atoms with Gasteiger partial charge in [-0.05, 0) is 55.2 Å². The largest absolute Gasteiger partial charge is 0.352 e. The first-order valence-corrected chi connectivity index (χ1v) is 16.6. The molecule has 1 atom stereocenters. The molecule has 1 aliphatic carbocycles. The molecule has 1 saturated carbocycles. The zero-order valence-corrected chi connectivity index (χ0v) is 26.5. The number of nitro groups is 1. The summed E-state index contributed by atoms with van der Waals surface area (Å²) in [6.07, 6.45) is 5.06. The third-order valence-corrected chi connectivity index (χ3v) is 10.1. The predicted octanol–water partition coefficient (Wildman–Crippen LogP) is 6.35. The van der Waals surface area contributed by atoms with E-state index in [2.05, 4.69) is 5.32 Å². The molecule has 2 amide bonds. The summed E-state index contributed by atoms with van der Waals surface area (Å²) in [6, 6.07) is 16.5. The van der Waals surface area contributed by atoms with E-state index in [4.69, 9.17) is 23.2 Å². The number of carbonyl (C=O) groups excluding carboxylic acids is 2. The summed E-state index contributed by atoms with van der Waals surface area (Å²) in [4.78, 5) is 40.0. The summed E-state index contributed by atoms with van der Waals surface area (Å²) in [5.41, 5.74) is 0.184. The Hall–Kier alpha value is -3.67. The van der Waals surface area contributed by atoms with E-state index in [0.29, 0.717) is 10.6 Å². The predicted molar refractivity (Wildman–Crippen MR) is 170 cm³/mol. The molecule has 3 aromatic carbocycles. The fourth-order valence-electron chi connectivity index (χ4n) is 5.31. The summed E-state index contributed by atoms with van der Waals surface area (Å²) in [6.45, 7) is 1.01. The number of carbonyl (C=O) groups is 2. The molecule has 13 heteroatoms. The van der Waals surface area contributed by atoms with Crippen molar-refractivity contribution in [3.05, 3.63) is 98.5 Å². The van der Waals surface area contributed by atoms with Gasteiger partial charge in [-0.25, -0.2) is 8.42 Å². The van der Waals surface area contributed by atoms with Crippen LogP contribution in [0, 0.1) is 10.1 Å². The van der Waals surface area contributed by atoms with E-state index >= 15 is 0 Å². The fourth-order valence-corrected chi connectivity index (χ4v) is 7.06. The SMILES string of the molecule is CCC(C(=O)NC1CCCCC1)N(Cc1ccc(Cl)c(Cl)c1)C(=O)CN(c1cccc([N+](=O)[O-])c1)S(=O)(=O)c1ccccc1. The number of nitro benzene ring substituents is 1. The Kier molecular flexibility index (Phi) is 11.2. The van der Waals surface area contributed by atoms with E-state index in [1.807, 2.05) is 0 Å². The van der Waals surface area contributed by atoms with Crippen molar-refractivity contribution in [2.45, 2.75) is 69.0 Å². The molecule has 44 heavy (non-hydrogen) atoms. The number of nitrogens with zero attached hydrogens (tertiary/aromatic N) is 3. The van der Waals surface area contributed by atoms with Crippen LogP contribution in [0.25, 0.3) is 0 Å². The van der Waals surface area contributed by atoms with Gasteiger partial charge in [0.05, 0.1) is 25.6 Å². The van der Waals surface area contributed by atoms with E-state index < -0.39 is 33.4 Å². The van der Waals surface area contributed by atoms with Gasteiger partial charge in [-0.3, -0.25) is 24.0 Å². The van der Waals surface area contributed by atoms with Crippen molar-refractivity contribution in [3.8, 4) is 0 Å². The summed E-state index contributed by atoms with van der Waals surface area (Å²) in [5.74, 6) is -1.01. The van der Waals surface area contributed by atoms with Crippen LogP contribution in [0.3, 0.4) is 0 Å². The molecule has 0 radical (unpaired) electrons. The van der Waals surface area contributed by atoms with Crippen molar-refractivity contribution in [1.29, 1.82) is 0 Å². The van der Waals surface area contributed by atoms with Crippen LogP contribution in [-0.4, -0.2) is 48.7 Å². The van der Waals surface area contributed by atoms with Crippen LogP contribution in [0.2, 0.25) is 10.0 Å². The molecular weight excluding hydrogens is 627 g/mol. The van der Waals surface area contributed by atoms with Gasteiger partial charge in [0.25, 0.3) is 15.7 Å². The van der Waals surface area contributed by atoms with Crippen molar-refractivity contribution in [2.24, 2.45) is 0 Å². The molecule has 1 unspecified atom stereocenters. The first kappa shape index (κ1) is 33.2. The van der Waals surface area contributed by atoms with Crippen LogP contribution in [0.15, 0.2) is 77.7 Å². The van der Waals surface area contributed by atoms with Gasteiger partial charge < -0.3 is 10.2 Å². The maximum Gasteiger partial charge on any atom is 0.271 e. The summed E-state index contributed by atoms with van der Waals surface area (Å²) in [5, 5.41) is 15.2. The highest BCUT2D eigenvalue weighted by atomic mass is 35.5. The lowest BCUT2D eigenvalue weighted by Gasteiger charge is -2.34. The van der Waals surface area contributed by atoms with Gasteiger partial charge in [-0.15, -0.1) is 0 Å². The third-order valence-electron chi connectivity index (χ3n) is 7.61. The van der Waals surface area contributed by atoms with Gasteiger partial charge in [-0.1, -0.05) is 79.7 Å². The first-order chi connectivity index (χ1) is 21.0. The quantitative estimate of drug-likeness (QED) is 0.178. The molecule has 10 nitrogen and oxygen atoms in total. The Bertz CT molecular complexity index is 1600. The number of halogens is 2. The Morgan fingerprint density at radius 1 is 0.977 bits per heavy atom. The lowest BCUT2D eigenvalue weighted by atomic mass is 9.95. The number of nitrogens with one attached hydrogen (secondary N) is 1. The molecule has 234 valence electrons. The summed E-state index contributed by atoms with van der Waals surface area (Å²) < 4.78 is 28.7. The second-order valence-electron chi connectivity index (χ2n) is 10.6. The van der Waals surface area contributed by atoms with Gasteiger partial charge in [0.1, 0.15) is 12.6 Å². The Balaban J connectivity index is 1.74. The lowest BCUT2D eigenvalue weighted by molar-refractivity contribution is -0.384. The van der Waals surface area contributed by atoms with Crippen molar-refractivity contribution < 1.29 is 22.9 Å². The highest BCUT2D eigenvalue weighted by molar-refractivity contribution is 7.92. The number of non-ortho nitro benzene ring substituents is 1. The topological polar surface area (TPSA) is 130 Å². The molecule has 1 fully saturated rings. The Morgan fingerprint density at radius 3 is 2.32 bits per heavy atom. The molecule has 0 aromatic heterocycles. The van der Waals surface area contributed by atoms with Gasteiger partial charge in [0, 0.05) is 24.7 Å². The number of anilines is 1. The molecule has 0 bridgehead atoms. The third kappa shape index (κ3) is 8.08. The first-order valence-electron chi connectivity index (χ1n) is 14.4. The van der Waals surface area contributed by atoms with Crippen LogP contribution >= 0.6 is 23.2 Å². The highest BCUT2D eigenvalue weighted by Gasteiger charge is 2.35. The van der Waals surface area contributed by atoms with Crippen molar-refractivity contribution >= 4 is 56.4 Å². The Morgan fingerprint density at radius 2 is 1.68 bits per heavy atom. The standard InChI is InChI=1S/C31H34Cl2N4O6S/c1-2-29(31(39)34-23-10-5-3-6-11-23)35(20-22-16-17-27(32)28(33)18-22)30(38)21-36(24-12-9-13-25(19-24)37(40)41)44(42,43)26-14-7-4-8-15-26/h4,7-9,12-19,23,29H,2-3,5-6,10-11,20-21H2,1H3,(H,34,39). The highest BCUT2D eigenvalue weighted by Crippen LogP contribution is 2.29. The minimum absolute atomic E-state index is 0.00736. The van der Waals surface area contributed by atoms with Crippen molar-refractivity contribution in [2.75, 3.05) is 10.8 Å². The molecule has 4 rings (SSSR count). The average Bonchev–Trinajstić information content (AvgIpc) is 3.02. The number of hydrogen-bond donors (Lipinski definition) is 1. The number of hydrogen-bond acceptors (Lipinski definition) is 6. The van der Waals surface area contributed by atoms with Gasteiger partial charge >= 0.3 is 0 Å². The number of sulfonamides is 1. The lowest BCUT2D eigenvalue weighted by Crippen LogP contribution is -2.54. The molecule has 0 spiro atoms. The Labute approximate surface area is 267 Å². The molecule has 0 aliphatic heterocycles. The summed E-state index contributed by atoms with van der Waals surface area (Å²) in [7, 11) is -4.36. The smallest absolute Gasteiger partial charge is 0.271 e. The van der Waals surface area contributed by atoms with E-state index in [1.54, 1.807) is 43.3 Å². The van der Waals surface area contributed by atoms with Gasteiger partial charge in [-0.2, -0.15) is 0 Å². The van der Waals surface area contributed by atoms with E-state index in [0.717, 1.165) is 42.5 Å². The van der Waals surface area contributed by atoms with Gasteiger partial charge in [0.15, 0.2) is 0 Å². The molecule has 0 heterocycles. The number of rotatable bonds is 12. The number of amides is 2. The zero-order valence-electron chi connectivity index (χ0n) is 24.2. The van der Waals surface area contributed by atoms with E-state index in [1.165, 1.54) is 35.2 Å². The normalized spacial score (nSPS) is 14.4. The maximum atomic E-state index is 14.2. The van der Waals surface area contributed by atoms with Gasteiger partial charge in [0.2, 0.25) is 11.8 Å². The second kappa shape index (κ2) is 14.9. The average molecular weight is 662 g/mol.